The lowest BCUT2D eigenvalue weighted by Crippen LogP contribution is -2.37. The van der Waals surface area contributed by atoms with Gasteiger partial charge in [-0.2, -0.15) is 0 Å². The van der Waals surface area contributed by atoms with Crippen LogP contribution in [0.15, 0.2) is 30.3 Å². The molecule has 1 saturated heterocycles. The summed E-state index contributed by atoms with van der Waals surface area (Å²) in [5.74, 6) is 4.18. The maximum absolute atomic E-state index is 11.9. The van der Waals surface area contributed by atoms with E-state index in [4.69, 9.17) is 5.84 Å². The van der Waals surface area contributed by atoms with Crippen molar-refractivity contribution in [1.82, 2.24) is 5.01 Å². The van der Waals surface area contributed by atoms with Crippen LogP contribution < -0.4 is 5.84 Å². The molecule has 17 heavy (non-hydrogen) atoms. The summed E-state index contributed by atoms with van der Waals surface area (Å²) in [6.07, 6.45) is 0. The molecule has 1 aromatic rings. The molecule has 4 nitrogen and oxygen atoms in total. The Labute approximate surface area is 100 Å². The molecule has 4 heteroatoms. The molecule has 0 bridgehead atoms. The molecule has 1 aromatic carbocycles. The summed E-state index contributed by atoms with van der Waals surface area (Å²) < 4.78 is 0. The number of hydrogen-bond acceptors (Lipinski definition) is 3. The van der Waals surface area contributed by atoms with E-state index >= 15 is 0 Å². The van der Waals surface area contributed by atoms with Gasteiger partial charge in [0.2, 0.25) is 11.8 Å². The third-order valence-corrected chi connectivity index (χ3v) is 3.55. The molecule has 0 aliphatic carbocycles. The van der Waals surface area contributed by atoms with Crippen LogP contribution in [-0.4, -0.2) is 16.8 Å². The molecule has 0 spiro atoms. The highest BCUT2D eigenvalue weighted by Crippen LogP contribution is 2.35. The third kappa shape index (κ3) is 1.85. The van der Waals surface area contributed by atoms with Gasteiger partial charge in [0.1, 0.15) is 0 Å². The minimum atomic E-state index is -0.352. The lowest BCUT2D eigenvalue weighted by Gasteiger charge is -2.20. The second kappa shape index (κ2) is 4.30. The van der Waals surface area contributed by atoms with Crippen molar-refractivity contribution in [3.63, 3.8) is 0 Å². The molecule has 1 heterocycles. The molecule has 1 aliphatic rings. The van der Waals surface area contributed by atoms with E-state index in [0.29, 0.717) is 0 Å². The van der Waals surface area contributed by atoms with Crippen molar-refractivity contribution in [3.05, 3.63) is 35.9 Å². The van der Waals surface area contributed by atoms with E-state index in [2.05, 4.69) is 0 Å². The average molecular weight is 232 g/mol. The summed E-state index contributed by atoms with van der Waals surface area (Å²) >= 11 is 0. The quantitative estimate of drug-likeness (QED) is 0.474. The van der Waals surface area contributed by atoms with Crippen molar-refractivity contribution in [2.45, 2.75) is 19.8 Å². The number of nitrogens with two attached hydrogens (primary N) is 1. The topological polar surface area (TPSA) is 63.4 Å². The first-order chi connectivity index (χ1) is 8.04. The second-order valence-corrected chi connectivity index (χ2v) is 4.56. The molecule has 2 amide bonds. The zero-order valence-corrected chi connectivity index (χ0v) is 9.96. The number of amides is 2. The number of hydrazine groups is 1. The first kappa shape index (κ1) is 11.8. The van der Waals surface area contributed by atoms with Gasteiger partial charge in [0.05, 0.1) is 5.92 Å². The van der Waals surface area contributed by atoms with E-state index in [0.717, 1.165) is 10.6 Å². The molecular formula is C13H16N2O2. The van der Waals surface area contributed by atoms with Crippen LogP contribution in [0.1, 0.15) is 25.3 Å². The Morgan fingerprint density at radius 2 is 1.76 bits per heavy atom. The van der Waals surface area contributed by atoms with Gasteiger partial charge in [-0.25, -0.2) is 10.9 Å². The van der Waals surface area contributed by atoms with Crippen LogP contribution in [-0.2, 0) is 9.59 Å². The number of rotatable bonds is 2. The van der Waals surface area contributed by atoms with Crippen LogP contribution in [0.3, 0.4) is 0 Å². The van der Waals surface area contributed by atoms with Crippen molar-refractivity contribution < 1.29 is 9.59 Å². The Morgan fingerprint density at radius 3 is 2.24 bits per heavy atom. The summed E-state index contributed by atoms with van der Waals surface area (Å²) in [4.78, 5) is 23.6. The Kier molecular flexibility index (Phi) is 2.98. The lowest BCUT2D eigenvalue weighted by molar-refractivity contribution is -0.140. The minimum absolute atomic E-state index is 0.00352. The molecule has 1 aliphatic heterocycles. The van der Waals surface area contributed by atoms with Gasteiger partial charge in [0.15, 0.2) is 0 Å². The molecule has 90 valence electrons. The van der Waals surface area contributed by atoms with Gasteiger partial charge in [0, 0.05) is 5.92 Å². The van der Waals surface area contributed by atoms with Crippen molar-refractivity contribution >= 4 is 11.8 Å². The maximum atomic E-state index is 11.9. The highest BCUT2D eigenvalue weighted by Gasteiger charge is 2.46. The van der Waals surface area contributed by atoms with Crippen molar-refractivity contribution in [1.29, 1.82) is 0 Å². The fourth-order valence-electron chi connectivity index (χ4n) is 2.47. The van der Waals surface area contributed by atoms with Gasteiger partial charge in [-0.05, 0) is 11.5 Å². The van der Waals surface area contributed by atoms with Crippen molar-refractivity contribution in [2.75, 3.05) is 0 Å². The summed E-state index contributed by atoms with van der Waals surface area (Å²) in [6.45, 7) is 3.72. The molecule has 3 atom stereocenters. The van der Waals surface area contributed by atoms with Gasteiger partial charge in [-0.1, -0.05) is 44.2 Å². The fraction of sp³-hybridized carbons (Fsp3) is 0.385. The smallest absolute Gasteiger partial charge is 0.248 e. The average Bonchev–Trinajstić information content (AvgIpc) is 2.54. The zero-order chi connectivity index (χ0) is 12.6. The Bertz CT molecular complexity index is 444. The van der Waals surface area contributed by atoms with E-state index in [1.807, 2.05) is 37.3 Å². The number of imide groups is 1. The Morgan fingerprint density at radius 1 is 1.18 bits per heavy atom. The highest BCUT2D eigenvalue weighted by atomic mass is 16.2. The third-order valence-electron chi connectivity index (χ3n) is 3.55. The summed E-state index contributed by atoms with van der Waals surface area (Å²) in [6, 6.07) is 9.72. The maximum Gasteiger partial charge on any atom is 0.248 e. The first-order valence-electron chi connectivity index (χ1n) is 5.71. The summed E-state index contributed by atoms with van der Waals surface area (Å²) in [5.41, 5.74) is 1.06. The van der Waals surface area contributed by atoms with E-state index in [1.54, 1.807) is 6.92 Å². The zero-order valence-electron chi connectivity index (χ0n) is 9.96. The van der Waals surface area contributed by atoms with Crippen LogP contribution in [0.2, 0.25) is 0 Å². The number of benzene rings is 1. The molecule has 0 saturated carbocycles. The predicted molar refractivity (Wildman–Crippen MR) is 63.6 cm³/mol. The van der Waals surface area contributed by atoms with Gasteiger partial charge in [0.25, 0.3) is 0 Å². The fourth-order valence-corrected chi connectivity index (χ4v) is 2.47. The number of carbonyl (C=O) groups excluding carboxylic acids is 2. The Hall–Kier alpha value is -1.68. The molecule has 2 rings (SSSR count). The van der Waals surface area contributed by atoms with E-state index in [1.165, 1.54) is 0 Å². The van der Waals surface area contributed by atoms with Gasteiger partial charge in [-0.15, -0.1) is 0 Å². The molecular weight excluding hydrogens is 216 g/mol. The van der Waals surface area contributed by atoms with E-state index < -0.39 is 0 Å². The van der Waals surface area contributed by atoms with Crippen LogP contribution in [0.25, 0.3) is 0 Å². The standard InChI is InChI=1S/C13H16N2O2/c1-8(10-6-4-3-5-7-10)11-9(2)12(16)15(14)13(11)17/h3-9,11H,14H2,1-2H3. The van der Waals surface area contributed by atoms with Gasteiger partial charge in [-0.3, -0.25) is 9.59 Å². The Balaban J connectivity index is 2.29. The number of hydrogen-bond donors (Lipinski definition) is 1. The van der Waals surface area contributed by atoms with Crippen LogP contribution in [0, 0.1) is 11.8 Å². The van der Waals surface area contributed by atoms with Gasteiger partial charge < -0.3 is 0 Å². The van der Waals surface area contributed by atoms with Crippen LogP contribution >= 0.6 is 0 Å². The first-order valence-corrected chi connectivity index (χ1v) is 5.71. The number of nitrogens with zero attached hydrogens (tertiary/aromatic N) is 1. The normalized spacial score (nSPS) is 26.4. The molecule has 3 unspecified atom stereocenters. The molecule has 1 fully saturated rings. The highest BCUT2D eigenvalue weighted by molar-refractivity contribution is 6.04. The molecule has 2 N–H and O–H groups in total. The summed E-state index contributed by atoms with van der Waals surface area (Å²) in [7, 11) is 0. The number of carbonyl (C=O) groups is 2. The SMILES string of the molecule is CC1C(=O)N(N)C(=O)C1C(C)c1ccccc1. The summed E-state index contributed by atoms with van der Waals surface area (Å²) in [5, 5.41) is 0.759. The predicted octanol–water partition coefficient (Wildman–Crippen LogP) is 1.28. The largest absolute Gasteiger partial charge is 0.273 e. The minimum Gasteiger partial charge on any atom is -0.273 e. The lowest BCUT2D eigenvalue weighted by atomic mass is 9.81. The second-order valence-electron chi connectivity index (χ2n) is 4.56. The van der Waals surface area contributed by atoms with Crippen LogP contribution in [0.4, 0.5) is 0 Å². The van der Waals surface area contributed by atoms with Gasteiger partial charge >= 0.3 is 0 Å². The molecule has 0 aromatic heterocycles. The monoisotopic (exact) mass is 232 g/mol. The molecule has 0 radical (unpaired) electrons. The van der Waals surface area contributed by atoms with Crippen molar-refractivity contribution in [3.8, 4) is 0 Å². The van der Waals surface area contributed by atoms with Crippen LogP contribution in [0.5, 0.6) is 0 Å². The van der Waals surface area contributed by atoms with E-state index in [9.17, 15) is 9.59 Å². The van der Waals surface area contributed by atoms with E-state index in [-0.39, 0.29) is 29.6 Å². The van der Waals surface area contributed by atoms with Crippen molar-refractivity contribution in [2.24, 2.45) is 17.7 Å².